The second-order valence-corrected chi connectivity index (χ2v) is 7.17. The number of hydrogen-bond acceptors (Lipinski definition) is 1. The van der Waals surface area contributed by atoms with Gasteiger partial charge >= 0.3 is 0 Å². The van der Waals surface area contributed by atoms with Gasteiger partial charge in [-0.3, -0.25) is 4.79 Å². The molecule has 2 saturated carbocycles. The van der Waals surface area contributed by atoms with Gasteiger partial charge in [-0.05, 0) is 42.4 Å². The summed E-state index contributed by atoms with van der Waals surface area (Å²) in [7, 11) is 0. The highest BCUT2D eigenvalue weighted by Gasteiger charge is 2.48. The number of Topliss-reactive ketones (excluding diaryl/α,β-unsaturated/α-hetero) is 1. The smallest absolute Gasteiger partial charge is 0.136 e. The van der Waals surface area contributed by atoms with Crippen LogP contribution >= 0.6 is 0 Å². The Kier molecular flexibility index (Phi) is 2.92. The van der Waals surface area contributed by atoms with E-state index in [0.29, 0.717) is 22.5 Å². The normalized spacial score (nSPS) is 43.6. The molecule has 1 heteroatoms. The molecule has 0 amide bonds. The molecule has 0 aromatic heterocycles. The third kappa shape index (κ3) is 1.94. The Labute approximate surface area is 100.0 Å². The Morgan fingerprint density at radius 3 is 2.50 bits per heavy atom. The molecule has 3 unspecified atom stereocenters. The first-order chi connectivity index (χ1) is 7.35. The molecule has 92 valence electrons. The minimum Gasteiger partial charge on any atom is -0.299 e. The quantitative estimate of drug-likeness (QED) is 0.600. The summed E-state index contributed by atoms with van der Waals surface area (Å²) < 4.78 is 0. The van der Waals surface area contributed by atoms with Gasteiger partial charge < -0.3 is 0 Å². The molecule has 3 atom stereocenters. The van der Waals surface area contributed by atoms with E-state index >= 15 is 0 Å². The van der Waals surface area contributed by atoms with Gasteiger partial charge in [-0.15, -0.1) is 0 Å². The van der Waals surface area contributed by atoms with E-state index in [-0.39, 0.29) is 0 Å². The highest BCUT2D eigenvalue weighted by atomic mass is 16.1. The third-order valence-electron chi connectivity index (χ3n) is 5.37. The summed E-state index contributed by atoms with van der Waals surface area (Å²) in [6, 6.07) is 0. The van der Waals surface area contributed by atoms with Gasteiger partial charge in [0, 0.05) is 12.3 Å². The zero-order valence-corrected chi connectivity index (χ0v) is 11.3. The first-order valence-electron chi connectivity index (χ1n) is 6.88. The number of carbonyl (C=O) groups is 1. The van der Waals surface area contributed by atoms with Crippen LogP contribution < -0.4 is 0 Å². The van der Waals surface area contributed by atoms with E-state index in [9.17, 15) is 4.79 Å². The Balaban J connectivity index is 2.29. The van der Waals surface area contributed by atoms with Crippen molar-refractivity contribution in [1.82, 2.24) is 0 Å². The lowest BCUT2D eigenvalue weighted by Crippen LogP contribution is -2.42. The van der Waals surface area contributed by atoms with E-state index in [4.69, 9.17) is 0 Å². The Hall–Kier alpha value is -0.330. The molecule has 0 radical (unpaired) electrons. The molecule has 0 heterocycles. The van der Waals surface area contributed by atoms with Crippen LogP contribution in [0.3, 0.4) is 0 Å². The SMILES string of the molecule is CC1CCC2C(C)(C)CCCC2(C)CC1=O. The fourth-order valence-corrected chi connectivity index (χ4v) is 4.34. The van der Waals surface area contributed by atoms with Gasteiger partial charge in [-0.25, -0.2) is 0 Å². The zero-order chi connectivity index (χ0) is 12.0. The average molecular weight is 222 g/mol. The number of hydrogen-bond donors (Lipinski definition) is 0. The van der Waals surface area contributed by atoms with E-state index < -0.39 is 0 Å². The van der Waals surface area contributed by atoms with Crippen molar-refractivity contribution < 1.29 is 4.79 Å². The minimum atomic E-state index is 0.295. The number of fused-ring (bicyclic) bond motifs is 1. The molecule has 2 aliphatic carbocycles. The van der Waals surface area contributed by atoms with E-state index in [0.717, 1.165) is 18.8 Å². The van der Waals surface area contributed by atoms with Gasteiger partial charge in [0.15, 0.2) is 0 Å². The lowest BCUT2D eigenvalue weighted by Gasteiger charge is -2.50. The molecular formula is C15H26O. The van der Waals surface area contributed by atoms with E-state index in [2.05, 4.69) is 27.7 Å². The first kappa shape index (κ1) is 12.1. The summed E-state index contributed by atoms with van der Waals surface area (Å²) in [5, 5.41) is 0. The highest BCUT2D eigenvalue weighted by molar-refractivity contribution is 5.81. The molecule has 0 bridgehead atoms. The van der Waals surface area contributed by atoms with Crippen LogP contribution in [-0.2, 0) is 4.79 Å². The summed E-state index contributed by atoms with van der Waals surface area (Å²) in [5.41, 5.74) is 0.737. The van der Waals surface area contributed by atoms with Gasteiger partial charge in [0.1, 0.15) is 5.78 Å². The molecule has 0 aliphatic heterocycles. The van der Waals surface area contributed by atoms with Gasteiger partial charge in [0.2, 0.25) is 0 Å². The fraction of sp³-hybridized carbons (Fsp3) is 0.933. The molecule has 0 spiro atoms. The Bertz CT molecular complexity index is 292. The molecule has 0 saturated heterocycles. The highest BCUT2D eigenvalue weighted by Crippen LogP contribution is 2.56. The maximum atomic E-state index is 12.1. The summed E-state index contributed by atoms with van der Waals surface area (Å²) >= 11 is 0. The molecule has 2 rings (SSSR count). The zero-order valence-electron chi connectivity index (χ0n) is 11.3. The van der Waals surface area contributed by atoms with Crippen LogP contribution in [0, 0.1) is 22.7 Å². The molecule has 1 nitrogen and oxygen atoms in total. The predicted octanol–water partition coefficient (Wildman–Crippen LogP) is 4.21. The fourth-order valence-electron chi connectivity index (χ4n) is 4.34. The maximum absolute atomic E-state index is 12.1. The third-order valence-corrected chi connectivity index (χ3v) is 5.37. The van der Waals surface area contributed by atoms with Crippen molar-refractivity contribution in [2.75, 3.05) is 0 Å². The van der Waals surface area contributed by atoms with Crippen LogP contribution in [-0.4, -0.2) is 5.78 Å². The first-order valence-corrected chi connectivity index (χ1v) is 6.88. The van der Waals surface area contributed by atoms with Crippen molar-refractivity contribution in [1.29, 1.82) is 0 Å². The standard InChI is InChI=1S/C15H26O/c1-11-6-7-13-14(2,3)8-5-9-15(13,4)10-12(11)16/h11,13H,5-10H2,1-4H3. The number of carbonyl (C=O) groups excluding carboxylic acids is 1. The van der Waals surface area contributed by atoms with Crippen molar-refractivity contribution in [3.8, 4) is 0 Å². The minimum absolute atomic E-state index is 0.295. The Morgan fingerprint density at radius 1 is 1.12 bits per heavy atom. The largest absolute Gasteiger partial charge is 0.299 e. The molecule has 2 aliphatic rings. The van der Waals surface area contributed by atoms with Crippen LogP contribution in [0.15, 0.2) is 0 Å². The topological polar surface area (TPSA) is 17.1 Å². The van der Waals surface area contributed by atoms with Gasteiger partial charge in [0.05, 0.1) is 0 Å². The average Bonchev–Trinajstić information content (AvgIpc) is 2.24. The second kappa shape index (κ2) is 3.85. The second-order valence-electron chi connectivity index (χ2n) is 7.17. The van der Waals surface area contributed by atoms with E-state index in [1.165, 1.54) is 25.7 Å². The summed E-state index contributed by atoms with van der Waals surface area (Å²) in [6.07, 6.45) is 7.12. The number of rotatable bonds is 0. The van der Waals surface area contributed by atoms with Crippen molar-refractivity contribution in [2.45, 2.75) is 66.2 Å². The number of ketones is 1. The van der Waals surface area contributed by atoms with Crippen LogP contribution in [0.5, 0.6) is 0 Å². The maximum Gasteiger partial charge on any atom is 0.136 e. The molecule has 16 heavy (non-hydrogen) atoms. The lowest BCUT2D eigenvalue weighted by molar-refractivity contribution is -0.125. The van der Waals surface area contributed by atoms with E-state index in [1.807, 2.05) is 0 Å². The predicted molar refractivity (Wildman–Crippen MR) is 67.3 cm³/mol. The van der Waals surface area contributed by atoms with Crippen molar-refractivity contribution in [2.24, 2.45) is 22.7 Å². The lowest BCUT2D eigenvalue weighted by atomic mass is 9.55. The van der Waals surface area contributed by atoms with Crippen LogP contribution in [0.25, 0.3) is 0 Å². The van der Waals surface area contributed by atoms with Crippen molar-refractivity contribution in [3.05, 3.63) is 0 Å². The van der Waals surface area contributed by atoms with Gasteiger partial charge in [-0.1, -0.05) is 34.1 Å². The molecule has 0 aromatic carbocycles. The van der Waals surface area contributed by atoms with Gasteiger partial charge in [0.25, 0.3) is 0 Å². The summed E-state index contributed by atoms with van der Waals surface area (Å²) in [5.74, 6) is 1.57. The van der Waals surface area contributed by atoms with E-state index in [1.54, 1.807) is 0 Å². The van der Waals surface area contributed by atoms with Crippen molar-refractivity contribution in [3.63, 3.8) is 0 Å². The summed E-state index contributed by atoms with van der Waals surface area (Å²) in [4.78, 5) is 12.1. The molecular weight excluding hydrogens is 196 g/mol. The molecule has 0 aromatic rings. The van der Waals surface area contributed by atoms with Gasteiger partial charge in [-0.2, -0.15) is 0 Å². The van der Waals surface area contributed by atoms with Crippen LogP contribution in [0.2, 0.25) is 0 Å². The molecule has 0 N–H and O–H groups in total. The van der Waals surface area contributed by atoms with Crippen LogP contribution in [0.1, 0.15) is 66.2 Å². The Morgan fingerprint density at radius 2 is 1.81 bits per heavy atom. The van der Waals surface area contributed by atoms with Crippen LogP contribution in [0.4, 0.5) is 0 Å². The van der Waals surface area contributed by atoms with Crippen molar-refractivity contribution >= 4 is 5.78 Å². The summed E-state index contributed by atoms with van der Waals surface area (Å²) in [6.45, 7) is 9.32. The molecule has 2 fully saturated rings. The monoisotopic (exact) mass is 222 g/mol.